The highest BCUT2D eigenvalue weighted by molar-refractivity contribution is 6.05. The van der Waals surface area contributed by atoms with E-state index in [1.165, 1.54) is 18.2 Å². The number of carbonyl (C=O) groups is 1. The van der Waals surface area contributed by atoms with Crippen molar-refractivity contribution < 1.29 is 19.2 Å². The van der Waals surface area contributed by atoms with Gasteiger partial charge >= 0.3 is 0 Å². The lowest BCUT2D eigenvalue weighted by Crippen LogP contribution is -2.13. The van der Waals surface area contributed by atoms with Gasteiger partial charge in [-0.1, -0.05) is 12.1 Å². The van der Waals surface area contributed by atoms with E-state index in [4.69, 9.17) is 9.47 Å². The van der Waals surface area contributed by atoms with Gasteiger partial charge in [-0.15, -0.1) is 0 Å². The number of aromatic nitrogens is 1. The molecule has 0 aliphatic heterocycles. The van der Waals surface area contributed by atoms with Crippen LogP contribution >= 0.6 is 0 Å². The highest BCUT2D eigenvalue weighted by Gasteiger charge is 2.17. The normalized spacial score (nSPS) is 10.4. The van der Waals surface area contributed by atoms with E-state index >= 15 is 0 Å². The van der Waals surface area contributed by atoms with E-state index in [0.717, 1.165) is 5.56 Å². The average Bonchev–Trinajstić information content (AvgIpc) is 2.79. The number of carbonyl (C=O) groups excluding carboxylic acids is 1. The number of benzene rings is 2. The zero-order chi connectivity index (χ0) is 22.1. The topological polar surface area (TPSA) is 116 Å². The third-order valence-electron chi connectivity index (χ3n) is 4.30. The Balaban J connectivity index is 1.68. The predicted molar refractivity (Wildman–Crippen MR) is 116 cm³/mol. The zero-order valence-corrected chi connectivity index (χ0v) is 16.9. The van der Waals surface area contributed by atoms with Gasteiger partial charge in [-0.3, -0.25) is 19.9 Å². The summed E-state index contributed by atoms with van der Waals surface area (Å²) in [5.41, 5.74) is 1.74. The molecule has 1 aromatic heterocycles. The smallest absolute Gasteiger partial charge is 0.293 e. The van der Waals surface area contributed by atoms with Crippen LogP contribution in [0.2, 0.25) is 0 Å². The standard InChI is InChI=1S/C22H22N4O5/c1-30-11-10-24-20-8-7-17(12-21(20)26(28)29)22(27)25-18-5-2-6-19(13-18)31-15-16-4-3-9-23-14-16/h2-9,12-14,24H,10-11,15H2,1H3,(H,25,27). The van der Waals surface area contributed by atoms with Crippen LogP contribution in [0.1, 0.15) is 15.9 Å². The number of methoxy groups -OCH3 is 1. The molecule has 3 aromatic rings. The van der Waals surface area contributed by atoms with Gasteiger partial charge < -0.3 is 20.1 Å². The van der Waals surface area contributed by atoms with Gasteiger partial charge in [0.15, 0.2) is 0 Å². The van der Waals surface area contributed by atoms with Crippen molar-refractivity contribution in [1.82, 2.24) is 4.98 Å². The van der Waals surface area contributed by atoms with Gasteiger partial charge in [-0.25, -0.2) is 0 Å². The summed E-state index contributed by atoms with van der Waals surface area (Å²) < 4.78 is 10.7. The molecule has 31 heavy (non-hydrogen) atoms. The molecule has 0 aliphatic rings. The van der Waals surface area contributed by atoms with E-state index in [9.17, 15) is 14.9 Å². The molecule has 0 unspecified atom stereocenters. The minimum atomic E-state index is -0.529. The Morgan fingerprint density at radius 1 is 1.16 bits per heavy atom. The van der Waals surface area contributed by atoms with Crippen molar-refractivity contribution >= 4 is 23.0 Å². The van der Waals surface area contributed by atoms with Crippen molar-refractivity contribution in [2.45, 2.75) is 6.61 Å². The summed E-state index contributed by atoms with van der Waals surface area (Å²) in [5, 5.41) is 17.1. The Bertz CT molecular complexity index is 1040. The van der Waals surface area contributed by atoms with Crippen LogP contribution < -0.4 is 15.4 Å². The molecule has 0 saturated carbocycles. The van der Waals surface area contributed by atoms with Gasteiger partial charge in [-0.2, -0.15) is 0 Å². The minimum Gasteiger partial charge on any atom is -0.489 e. The van der Waals surface area contributed by atoms with Crippen molar-refractivity contribution in [2.24, 2.45) is 0 Å². The number of nitrogens with zero attached hydrogens (tertiary/aromatic N) is 2. The zero-order valence-electron chi connectivity index (χ0n) is 16.9. The van der Waals surface area contributed by atoms with Gasteiger partial charge in [0.1, 0.15) is 18.0 Å². The number of amides is 1. The molecule has 9 heteroatoms. The number of rotatable bonds is 10. The second-order valence-corrected chi connectivity index (χ2v) is 6.54. The van der Waals surface area contributed by atoms with Crippen molar-refractivity contribution in [3.8, 4) is 5.75 Å². The summed E-state index contributed by atoms with van der Waals surface area (Å²) in [6.45, 7) is 1.16. The van der Waals surface area contributed by atoms with Crippen LogP contribution in [0.4, 0.5) is 17.1 Å². The van der Waals surface area contributed by atoms with Crippen LogP contribution in [-0.2, 0) is 11.3 Å². The summed E-state index contributed by atoms with van der Waals surface area (Å²) in [6.07, 6.45) is 3.40. The molecule has 9 nitrogen and oxygen atoms in total. The van der Waals surface area contributed by atoms with Crippen LogP contribution in [0, 0.1) is 10.1 Å². The number of ether oxygens (including phenoxy) is 2. The van der Waals surface area contributed by atoms with E-state index in [0.29, 0.717) is 36.9 Å². The molecule has 2 N–H and O–H groups in total. The highest BCUT2D eigenvalue weighted by Crippen LogP contribution is 2.26. The van der Waals surface area contributed by atoms with Crippen LogP contribution in [0.3, 0.4) is 0 Å². The summed E-state index contributed by atoms with van der Waals surface area (Å²) in [6, 6.07) is 14.9. The first-order valence-corrected chi connectivity index (χ1v) is 9.51. The molecule has 0 bridgehead atoms. The molecule has 3 rings (SSSR count). The summed E-state index contributed by atoms with van der Waals surface area (Å²) >= 11 is 0. The molecule has 0 saturated heterocycles. The van der Waals surface area contributed by atoms with Gasteiger partial charge in [-0.05, 0) is 30.3 Å². The first kappa shape index (κ1) is 21.7. The molecule has 2 aromatic carbocycles. The maximum Gasteiger partial charge on any atom is 0.293 e. The Morgan fingerprint density at radius 3 is 2.77 bits per heavy atom. The molecular formula is C22H22N4O5. The highest BCUT2D eigenvalue weighted by atomic mass is 16.6. The molecule has 1 heterocycles. The lowest BCUT2D eigenvalue weighted by molar-refractivity contribution is -0.384. The molecule has 160 valence electrons. The monoisotopic (exact) mass is 422 g/mol. The van der Waals surface area contributed by atoms with E-state index in [1.807, 2.05) is 12.1 Å². The third kappa shape index (κ3) is 6.25. The number of pyridine rings is 1. The SMILES string of the molecule is COCCNc1ccc(C(=O)Nc2cccc(OCc3cccnc3)c2)cc1[N+](=O)[O-]. The minimum absolute atomic E-state index is 0.172. The summed E-state index contributed by atoms with van der Waals surface area (Å²) in [5.74, 6) is 0.112. The Morgan fingerprint density at radius 2 is 2.03 bits per heavy atom. The lowest BCUT2D eigenvalue weighted by Gasteiger charge is -2.10. The molecule has 0 spiro atoms. The Hall–Kier alpha value is -3.98. The molecule has 0 radical (unpaired) electrons. The number of hydrogen-bond donors (Lipinski definition) is 2. The number of nitrogens with one attached hydrogen (secondary N) is 2. The van der Waals surface area contributed by atoms with Crippen LogP contribution in [0.5, 0.6) is 5.75 Å². The maximum atomic E-state index is 12.6. The maximum absolute atomic E-state index is 12.6. The summed E-state index contributed by atoms with van der Waals surface area (Å²) in [4.78, 5) is 27.5. The number of anilines is 2. The van der Waals surface area contributed by atoms with Crippen molar-refractivity contribution in [2.75, 3.05) is 30.9 Å². The third-order valence-corrected chi connectivity index (χ3v) is 4.30. The molecule has 0 atom stereocenters. The van der Waals surface area contributed by atoms with Gasteiger partial charge in [0.2, 0.25) is 0 Å². The number of hydrogen-bond acceptors (Lipinski definition) is 7. The van der Waals surface area contributed by atoms with E-state index < -0.39 is 10.8 Å². The Labute approximate surface area is 179 Å². The first-order valence-electron chi connectivity index (χ1n) is 9.51. The van der Waals surface area contributed by atoms with Crippen LogP contribution in [0.15, 0.2) is 67.0 Å². The van der Waals surface area contributed by atoms with Gasteiger partial charge in [0.05, 0.1) is 11.5 Å². The Kier molecular flexibility index (Phi) is 7.50. The fraction of sp³-hybridized carbons (Fsp3) is 0.182. The number of nitro benzene ring substituents is 1. The average molecular weight is 422 g/mol. The molecule has 0 aliphatic carbocycles. The van der Waals surface area contributed by atoms with Crippen molar-refractivity contribution in [3.63, 3.8) is 0 Å². The predicted octanol–water partition coefficient (Wildman–Crippen LogP) is 3.88. The van der Waals surface area contributed by atoms with Crippen LogP contribution in [0.25, 0.3) is 0 Å². The molecule has 1 amide bonds. The second kappa shape index (κ2) is 10.7. The van der Waals surface area contributed by atoms with E-state index in [1.54, 1.807) is 43.8 Å². The second-order valence-electron chi connectivity index (χ2n) is 6.54. The summed E-state index contributed by atoms with van der Waals surface area (Å²) in [7, 11) is 1.54. The fourth-order valence-corrected chi connectivity index (χ4v) is 2.78. The fourth-order valence-electron chi connectivity index (χ4n) is 2.78. The lowest BCUT2D eigenvalue weighted by atomic mass is 10.1. The van der Waals surface area contributed by atoms with E-state index in [-0.39, 0.29) is 11.3 Å². The number of nitro groups is 1. The molecule has 0 fully saturated rings. The largest absolute Gasteiger partial charge is 0.489 e. The molecular weight excluding hydrogens is 400 g/mol. The van der Waals surface area contributed by atoms with Crippen molar-refractivity contribution in [3.05, 3.63) is 88.2 Å². The van der Waals surface area contributed by atoms with Gasteiger partial charge in [0, 0.05) is 55.0 Å². The van der Waals surface area contributed by atoms with Crippen LogP contribution in [-0.4, -0.2) is 36.1 Å². The van der Waals surface area contributed by atoms with Crippen molar-refractivity contribution in [1.29, 1.82) is 0 Å². The van der Waals surface area contributed by atoms with E-state index in [2.05, 4.69) is 15.6 Å². The quantitative estimate of drug-likeness (QED) is 0.289. The van der Waals surface area contributed by atoms with Gasteiger partial charge in [0.25, 0.3) is 11.6 Å². The first-order chi connectivity index (χ1) is 15.1.